The van der Waals surface area contributed by atoms with Gasteiger partial charge in [-0.05, 0) is 6.07 Å². The third-order valence-electron chi connectivity index (χ3n) is 1.87. The molecule has 0 bridgehead atoms. The van der Waals surface area contributed by atoms with E-state index in [2.05, 4.69) is 0 Å². The van der Waals surface area contributed by atoms with Crippen LogP contribution < -0.4 is 10.5 Å². The molecule has 1 atom stereocenters. The second-order valence-corrected chi connectivity index (χ2v) is 3.13. The fraction of sp³-hybridized carbons (Fsp3) is 0.250. The molecule has 2 nitrogen and oxygen atoms in total. The molecule has 0 spiro atoms. The van der Waals surface area contributed by atoms with Gasteiger partial charge in [-0.2, -0.15) is 0 Å². The van der Waals surface area contributed by atoms with Crippen LogP contribution in [-0.2, 0) is 0 Å². The number of halogens is 2. The van der Waals surface area contributed by atoms with Gasteiger partial charge in [0, 0.05) is 11.6 Å². The number of hydrogen-bond acceptors (Lipinski definition) is 2. The van der Waals surface area contributed by atoms with Crippen molar-refractivity contribution >= 4 is 11.6 Å². The van der Waals surface area contributed by atoms with Crippen molar-refractivity contribution in [3.05, 3.63) is 28.5 Å². The molecule has 0 saturated carbocycles. The lowest BCUT2D eigenvalue weighted by Crippen LogP contribution is -2.10. The normalized spacial score (nSPS) is 20.4. The summed E-state index contributed by atoms with van der Waals surface area (Å²) in [6, 6.07) is 2.60. The van der Waals surface area contributed by atoms with Crippen LogP contribution in [0.4, 0.5) is 4.39 Å². The molecule has 2 N–H and O–H groups in total. The van der Waals surface area contributed by atoms with Crippen molar-refractivity contribution in [1.29, 1.82) is 0 Å². The van der Waals surface area contributed by atoms with E-state index in [9.17, 15) is 4.39 Å². The maximum absolute atomic E-state index is 12.8. The Morgan fingerprint density at radius 2 is 2.33 bits per heavy atom. The van der Waals surface area contributed by atoms with Crippen molar-refractivity contribution in [1.82, 2.24) is 0 Å². The third-order valence-corrected chi connectivity index (χ3v) is 2.16. The van der Waals surface area contributed by atoms with Crippen LogP contribution in [0.25, 0.3) is 0 Å². The van der Waals surface area contributed by atoms with E-state index < -0.39 is 5.82 Å². The number of hydrogen-bond donors (Lipinski definition) is 1. The standard InChI is InChI=1S/C8H7ClFNO/c9-5-1-4-7(11)3-12-8(4)2-6(5)10/h1-2,7H,3,11H2/t7-/m1/s1. The van der Waals surface area contributed by atoms with Gasteiger partial charge in [-0.1, -0.05) is 11.6 Å². The van der Waals surface area contributed by atoms with E-state index in [1.807, 2.05) is 0 Å². The van der Waals surface area contributed by atoms with E-state index >= 15 is 0 Å². The molecule has 12 heavy (non-hydrogen) atoms. The molecule has 0 radical (unpaired) electrons. The van der Waals surface area contributed by atoms with Crippen LogP contribution in [0.5, 0.6) is 5.75 Å². The van der Waals surface area contributed by atoms with E-state index in [0.717, 1.165) is 5.56 Å². The zero-order chi connectivity index (χ0) is 8.72. The van der Waals surface area contributed by atoms with Crippen molar-refractivity contribution in [2.45, 2.75) is 6.04 Å². The Morgan fingerprint density at radius 1 is 1.58 bits per heavy atom. The van der Waals surface area contributed by atoms with Crippen LogP contribution in [0, 0.1) is 5.82 Å². The first-order valence-corrected chi connectivity index (χ1v) is 3.93. The van der Waals surface area contributed by atoms with Gasteiger partial charge in [0.1, 0.15) is 18.2 Å². The highest BCUT2D eigenvalue weighted by molar-refractivity contribution is 6.30. The average molecular weight is 188 g/mol. The minimum Gasteiger partial charge on any atom is -0.491 e. The van der Waals surface area contributed by atoms with Crippen LogP contribution in [-0.4, -0.2) is 6.61 Å². The maximum Gasteiger partial charge on any atom is 0.145 e. The Hall–Kier alpha value is -0.800. The van der Waals surface area contributed by atoms with Crippen LogP contribution in [0.3, 0.4) is 0 Å². The summed E-state index contributed by atoms with van der Waals surface area (Å²) in [6.45, 7) is 0.398. The van der Waals surface area contributed by atoms with Gasteiger partial charge in [0.25, 0.3) is 0 Å². The molecule has 0 amide bonds. The third kappa shape index (κ3) is 1.06. The van der Waals surface area contributed by atoms with Gasteiger partial charge in [0.05, 0.1) is 11.1 Å². The number of ether oxygens (including phenoxy) is 1. The number of nitrogens with two attached hydrogens (primary N) is 1. The molecule has 1 aromatic carbocycles. The highest BCUT2D eigenvalue weighted by Gasteiger charge is 2.22. The first-order chi connectivity index (χ1) is 5.68. The van der Waals surface area contributed by atoms with Gasteiger partial charge in [-0.3, -0.25) is 0 Å². The quantitative estimate of drug-likeness (QED) is 0.673. The van der Waals surface area contributed by atoms with E-state index in [1.165, 1.54) is 12.1 Å². The van der Waals surface area contributed by atoms with Gasteiger partial charge >= 0.3 is 0 Å². The SMILES string of the molecule is N[C@@H]1COc2cc(F)c(Cl)cc21. The van der Waals surface area contributed by atoms with Crippen molar-refractivity contribution < 1.29 is 9.13 Å². The Labute approximate surface area is 74.1 Å². The van der Waals surface area contributed by atoms with E-state index in [1.54, 1.807) is 0 Å². The summed E-state index contributed by atoms with van der Waals surface area (Å²) in [4.78, 5) is 0. The van der Waals surface area contributed by atoms with Crippen LogP contribution >= 0.6 is 11.6 Å². The number of fused-ring (bicyclic) bond motifs is 1. The largest absolute Gasteiger partial charge is 0.491 e. The maximum atomic E-state index is 12.8. The number of rotatable bonds is 0. The molecular weight excluding hydrogens is 181 g/mol. The molecule has 0 fully saturated rings. The highest BCUT2D eigenvalue weighted by atomic mass is 35.5. The zero-order valence-electron chi connectivity index (χ0n) is 6.18. The van der Waals surface area contributed by atoms with Gasteiger partial charge in [0.15, 0.2) is 0 Å². The minimum absolute atomic E-state index is 0.0923. The van der Waals surface area contributed by atoms with Crippen molar-refractivity contribution in [3.8, 4) is 5.75 Å². The van der Waals surface area contributed by atoms with Crippen molar-refractivity contribution in [2.75, 3.05) is 6.61 Å². The molecule has 1 heterocycles. The molecule has 64 valence electrons. The second-order valence-electron chi connectivity index (χ2n) is 2.72. The highest BCUT2D eigenvalue weighted by Crippen LogP contribution is 2.34. The summed E-state index contributed by atoms with van der Waals surface area (Å²) in [5.74, 6) is 0.0360. The fourth-order valence-corrected chi connectivity index (χ4v) is 1.40. The summed E-state index contributed by atoms with van der Waals surface area (Å²) in [5, 5.41) is 0.0923. The summed E-state index contributed by atoms with van der Waals surface area (Å²) >= 11 is 5.57. The minimum atomic E-state index is -0.468. The molecule has 0 unspecified atom stereocenters. The monoisotopic (exact) mass is 187 g/mol. The van der Waals surface area contributed by atoms with Gasteiger partial charge in [-0.15, -0.1) is 0 Å². The molecule has 0 saturated heterocycles. The molecule has 0 aliphatic carbocycles. The molecule has 1 aromatic rings. The van der Waals surface area contributed by atoms with Gasteiger partial charge < -0.3 is 10.5 Å². The van der Waals surface area contributed by atoms with Crippen LogP contribution in [0.2, 0.25) is 5.02 Å². The topological polar surface area (TPSA) is 35.2 Å². The lowest BCUT2D eigenvalue weighted by molar-refractivity contribution is 0.332. The molecule has 4 heteroatoms. The second kappa shape index (κ2) is 2.61. The molecule has 0 aromatic heterocycles. The van der Waals surface area contributed by atoms with E-state index in [-0.39, 0.29) is 11.1 Å². The first-order valence-electron chi connectivity index (χ1n) is 3.56. The Balaban J connectivity index is 2.56. The van der Waals surface area contributed by atoms with Gasteiger partial charge in [0.2, 0.25) is 0 Å². The van der Waals surface area contributed by atoms with Crippen LogP contribution in [0.15, 0.2) is 12.1 Å². The average Bonchev–Trinajstić information content (AvgIpc) is 2.35. The predicted molar refractivity (Wildman–Crippen MR) is 43.8 cm³/mol. The Bertz CT molecular complexity index is 329. The summed E-state index contributed by atoms with van der Waals surface area (Å²) < 4.78 is 18.0. The van der Waals surface area contributed by atoms with Gasteiger partial charge in [-0.25, -0.2) is 4.39 Å². The Kier molecular flexibility index (Phi) is 1.70. The Morgan fingerprint density at radius 3 is 3.08 bits per heavy atom. The van der Waals surface area contributed by atoms with E-state index in [0.29, 0.717) is 12.4 Å². The summed E-state index contributed by atoms with van der Waals surface area (Å²) in [7, 11) is 0. The lowest BCUT2D eigenvalue weighted by Gasteiger charge is -2.01. The van der Waals surface area contributed by atoms with Crippen molar-refractivity contribution in [2.24, 2.45) is 5.73 Å². The summed E-state index contributed by atoms with van der Waals surface area (Å²) in [5.41, 5.74) is 6.44. The summed E-state index contributed by atoms with van der Waals surface area (Å²) in [6.07, 6.45) is 0. The van der Waals surface area contributed by atoms with E-state index in [4.69, 9.17) is 22.1 Å². The molecule has 1 aliphatic rings. The first kappa shape index (κ1) is 7.83. The molecular formula is C8H7ClFNO. The van der Waals surface area contributed by atoms with Crippen LogP contribution in [0.1, 0.15) is 11.6 Å². The predicted octanol–water partition coefficient (Wildman–Crippen LogP) is 1.87. The fourth-order valence-electron chi connectivity index (χ4n) is 1.23. The smallest absolute Gasteiger partial charge is 0.145 e. The zero-order valence-corrected chi connectivity index (χ0v) is 6.94. The number of benzene rings is 1. The molecule has 1 aliphatic heterocycles. The lowest BCUT2D eigenvalue weighted by atomic mass is 10.1. The molecule has 2 rings (SSSR count). The van der Waals surface area contributed by atoms with Crippen molar-refractivity contribution in [3.63, 3.8) is 0 Å².